The van der Waals surface area contributed by atoms with Gasteiger partial charge in [-0.15, -0.1) is 0 Å². The molecule has 0 radical (unpaired) electrons. The summed E-state index contributed by atoms with van der Waals surface area (Å²) >= 11 is 0. The number of ether oxygens (including phenoxy) is 1. The number of hydrogen-bond acceptors (Lipinski definition) is 2. The Bertz CT molecular complexity index is 286. The van der Waals surface area contributed by atoms with E-state index < -0.39 is 0 Å². The van der Waals surface area contributed by atoms with Crippen LogP contribution < -0.4 is 10.1 Å². The van der Waals surface area contributed by atoms with Crippen molar-refractivity contribution in [1.29, 1.82) is 0 Å². The molecule has 1 atom stereocenters. The lowest BCUT2D eigenvalue weighted by Gasteiger charge is -2.15. The van der Waals surface area contributed by atoms with Crippen LogP contribution in [0.2, 0.25) is 0 Å². The first-order valence-electron chi connectivity index (χ1n) is 5.72. The van der Waals surface area contributed by atoms with Gasteiger partial charge in [0.25, 0.3) is 0 Å². The van der Waals surface area contributed by atoms with Gasteiger partial charge in [-0.1, -0.05) is 32.0 Å². The molecule has 0 aliphatic carbocycles. The van der Waals surface area contributed by atoms with Gasteiger partial charge in [-0.3, -0.25) is 0 Å². The second-order valence-electron chi connectivity index (χ2n) is 3.73. The molecule has 0 saturated heterocycles. The minimum absolute atomic E-state index is 0.403. The molecular formula is C13H21NO. The van der Waals surface area contributed by atoms with Gasteiger partial charge in [-0.2, -0.15) is 0 Å². The highest BCUT2D eigenvalue weighted by Crippen LogP contribution is 2.18. The Morgan fingerprint density at radius 2 is 2.00 bits per heavy atom. The average molecular weight is 207 g/mol. The fourth-order valence-electron chi connectivity index (χ4n) is 1.56. The van der Waals surface area contributed by atoms with Gasteiger partial charge in [0.05, 0.1) is 0 Å². The van der Waals surface area contributed by atoms with Crippen molar-refractivity contribution in [3.63, 3.8) is 0 Å². The van der Waals surface area contributed by atoms with E-state index in [4.69, 9.17) is 4.74 Å². The highest BCUT2D eigenvalue weighted by atomic mass is 16.5. The molecule has 0 bridgehead atoms. The summed E-state index contributed by atoms with van der Waals surface area (Å²) in [5.74, 6) is 1.02. The van der Waals surface area contributed by atoms with Crippen LogP contribution in [0.15, 0.2) is 24.3 Å². The van der Waals surface area contributed by atoms with Gasteiger partial charge in [-0.25, -0.2) is 0 Å². The molecule has 2 heteroatoms. The smallest absolute Gasteiger partial charge is 0.122 e. The van der Waals surface area contributed by atoms with E-state index in [0.29, 0.717) is 6.04 Å². The van der Waals surface area contributed by atoms with Crippen LogP contribution in [0.3, 0.4) is 0 Å². The summed E-state index contributed by atoms with van der Waals surface area (Å²) in [5, 5.41) is 3.33. The fraction of sp³-hybridized carbons (Fsp3) is 0.538. The first-order valence-corrected chi connectivity index (χ1v) is 5.72. The van der Waals surface area contributed by atoms with Gasteiger partial charge in [0.15, 0.2) is 0 Å². The van der Waals surface area contributed by atoms with Crippen molar-refractivity contribution in [2.24, 2.45) is 0 Å². The molecule has 1 N–H and O–H groups in total. The highest BCUT2D eigenvalue weighted by Gasteiger charge is 2.03. The average Bonchev–Trinajstić information content (AvgIpc) is 2.27. The molecule has 1 aromatic rings. The molecule has 0 aliphatic rings. The summed E-state index contributed by atoms with van der Waals surface area (Å²) < 4.78 is 5.78. The minimum atomic E-state index is 0.403. The molecule has 0 heterocycles. The van der Waals surface area contributed by atoms with Crippen molar-refractivity contribution in [3.8, 4) is 5.75 Å². The van der Waals surface area contributed by atoms with Crippen LogP contribution in [0.4, 0.5) is 0 Å². The van der Waals surface area contributed by atoms with E-state index in [1.54, 1.807) is 0 Å². The maximum absolute atomic E-state index is 5.78. The molecule has 0 spiro atoms. The molecule has 2 nitrogen and oxygen atoms in total. The summed E-state index contributed by atoms with van der Waals surface area (Å²) in [6, 6.07) is 8.64. The first-order chi connectivity index (χ1) is 7.27. The number of para-hydroxylation sites is 1. The Morgan fingerprint density at radius 1 is 1.27 bits per heavy atom. The SMILES string of the molecule is CCNC(C)COc1ccccc1CC. The van der Waals surface area contributed by atoms with Gasteiger partial charge in [-0.05, 0) is 31.5 Å². The lowest BCUT2D eigenvalue weighted by atomic mass is 10.1. The topological polar surface area (TPSA) is 21.3 Å². The van der Waals surface area contributed by atoms with Crippen molar-refractivity contribution in [1.82, 2.24) is 5.32 Å². The Kier molecular flexibility index (Phi) is 5.19. The lowest BCUT2D eigenvalue weighted by molar-refractivity contribution is 0.273. The predicted octanol–water partition coefficient (Wildman–Crippen LogP) is 2.63. The van der Waals surface area contributed by atoms with Crippen molar-refractivity contribution in [2.45, 2.75) is 33.2 Å². The predicted molar refractivity (Wildman–Crippen MR) is 64.5 cm³/mol. The Morgan fingerprint density at radius 3 is 2.67 bits per heavy atom. The van der Waals surface area contributed by atoms with E-state index in [-0.39, 0.29) is 0 Å². The lowest BCUT2D eigenvalue weighted by Crippen LogP contribution is -2.31. The fourth-order valence-corrected chi connectivity index (χ4v) is 1.56. The molecule has 84 valence electrons. The second kappa shape index (κ2) is 6.46. The number of rotatable bonds is 6. The summed E-state index contributed by atoms with van der Waals surface area (Å²) in [7, 11) is 0. The van der Waals surface area contributed by atoms with E-state index in [2.05, 4.69) is 38.2 Å². The molecule has 0 fully saturated rings. The maximum atomic E-state index is 5.78. The molecule has 15 heavy (non-hydrogen) atoms. The largest absolute Gasteiger partial charge is 0.492 e. The van der Waals surface area contributed by atoms with Crippen molar-refractivity contribution in [3.05, 3.63) is 29.8 Å². The van der Waals surface area contributed by atoms with Crippen molar-refractivity contribution in [2.75, 3.05) is 13.2 Å². The van der Waals surface area contributed by atoms with Gasteiger partial charge in [0.1, 0.15) is 12.4 Å². The van der Waals surface area contributed by atoms with E-state index in [9.17, 15) is 0 Å². The Hall–Kier alpha value is -1.02. The van der Waals surface area contributed by atoms with Gasteiger partial charge < -0.3 is 10.1 Å². The van der Waals surface area contributed by atoms with Crippen molar-refractivity contribution >= 4 is 0 Å². The van der Waals surface area contributed by atoms with Crippen LogP contribution in [0.5, 0.6) is 5.75 Å². The monoisotopic (exact) mass is 207 g/mol. The van der Waals surface area contributed by atoms with Crippen molar-refractivity contribution < 1.29 is 4.74 Å². The Labute approximate surface area is 92.6 Å². The van der Waals surface area contributed by atoms with Crippen LogP contribution >= 0.6 is 0 Å². The summed E-state index contributed by atoms with van der Waals surface area (Å²) in [5.41, 5.74) is 1.28. The maximum Gasteiger partial charge on any atom is 0.122 e. The minimum Gasteiger partial charge on any atom is -0.492 e. The summed E-state index contributed by atoms with van der Waals surface area (Å²) in [6.45, 7) is 8.11. The molecule has 0 aromatic heterocycles. The molecule has 0 aliphatic heterocycles. The van der Waals surface area contributed by atoms with Gasteiger partial charge in [0, 0.05) is 6.04 Å². The normalized spacial score (nSPS) is 12.5. The van der Waals surface area contributed by atoms with Crippen LogP contribution in [0.1, 0.15) is 26.3 Å². The van der Waals surface area contributed by atoms with Crippen LogP contribution in [0, 0.1) is 0 Å². The Balaban J connectivity index is 2.49. The molecule has 0 saturated carbocycles. The zero-order valence-electron chi connectivity index (χ0n) is 9.92. The molecule has 0 amide bonds. The van der Waals surface area contributed by atoms with Crippen LogP contribution in [0.25, 0.3) is 0 Å². The second-order valence-corrected chi connectivity index (χ2v) is 3.73. The zero-order chi connectivity index (χ0) is 11.1. The standard InChI is InChI=1S/C13H21NO/c1-4-12-8-6-7-9-13(12)15-10-11(3)14-5-2/h6-9,11,14H,4-5,10H2,1-3H3. The van der Waals surface area contributed by atoms with Crippen LogP contribution in [-0.4, -0.2) is 19.2 Å². The number of nitrogens with one attached hydrogen (secondary N) is 1. The molecule has 1 unspecified atom stereocenters. The number of aryl methyl sites for hydroxylation is 1. The van der Waals surface area contributed by atoms with Gasteiger partial charge >= 0.3 is 0 Å². The third-order valence-electron chi connectivity index (χ3n) is 2.39. The van der Waals surface area contributed by atoms with E-state index in [0.717, 1.165) is 25.3 Å². The quantitative estimate of drug-likeness (QED) is 0.774. The van der Waals surface area contributed by atoms with Crippen LogP contribution in [-0.2, 0) is 6.42 Å². The van der Waals surface area contributed by atoms with E-state index in [1.807, 2.05) is 12.1 Å². The third kappa shape index (κ3) is 3.92. The van der Waals surface area contributed by atoms with E-state index >= 15 is 0 Å². The highest BCUT2D eigenvalue weighted by molar-refractivity contribution is 5.33. The number of hydrogen-bond donors (Lipinski definition) is 1. The zero-order valence-corrected chi connectivity index (χ0v) is 9.92. The molecule has 1 aromatic carbocycles. The summed E-state index contributed by atoms with van der Waals surface area (Å²) in [6.07, 6.45) is 1.02. The summed E-state index contributed by atoms with van der Waals surface area (Å²) in [4.78, 5) is 0. The van der Waals surface area contributed by atoms with E-state index in [1.165, 1.54) is 5.56 Å². The number of benzene rings is 1. The van der Waals surface area contributed by atoms with Gasteiger partial charge in [0.2, 0.25) is 0 Å². The molecule has 1 rings (SSSR count). The number of likely N-dealkylation sites (N-methyl/N-ethyl adjacent to an activating group) is 1. The third-order valence-corrected chi connectivity index (χ3v) is 2.39. The molecular weight excluding hydrogens is 186 g/mol. The first kappa shape index (κ1) is 12.1.